The molecule has 0 aliphatic rings. The molecule has 0 radical (unpaired) electrons. The normalized spacial score (nSPS) is 14.0. The van der Waals surface area contributed by atoms with Gasteiger partial charge in [0.2, 0.25) is 0 Å². The van der Waals surface area contributed by atoms with Crippen molar-refractivity contribution in [2.75, 3.05) is 0 Å². The summed E-state index contributed by atoms with van der Waals surface area (Å²) in [6.07, 6.45) is 5.23. The zero-order valence-corrected chi connectivity index (χ0v) is 8.58. The number of hydrogen-bond acceptors (Lipinski definition) is 2. The lowest BCUT2D eigenvalue weighted by atomic mass is 10.3. The lowest BCUT2D eigenvalue weighted by Crippen LogP contribution is -1.98. The Bertz CT molecular complexity index is 214. The van der Waals surface area contributed by atoms with Crippen molar-refractivity contribution in [3.63, 3.8) is 0 Å². The van der Waals surface area contributed by atoms with Crippen molar-refractivity contribution in [3.8, 4) is 0 Å². The van der Waals surface area contributed by atoms with Gasteiger partial charge in [-0.1, -0.05) is 18.7 Å². The Morgan fingerprint density at radius 2 is 2.27 bits per heavy atom. The maximum absolute atomic E-state index is 5.62. The molecule has 3 heteroatoms. The molecule has 0 rings (SSSR count). The van der Waals surface area contributed by atoms with Crippen LogP contribution in [-0.2, 0) is 0 Å². The Balaban J connectivity index is 4.61. The third-order valence-electron chi connectivity index (χ3n) is 1.07. The molecule has 0 aromatic heterocycles. The molecule has 60 valence electrons. The minimum Gasteiger partial charge on any atom is -0.397 e. The minimum atomic E-state index is 0.665. The third kappa shape index (κ3) is 3.98. The van der Waals surface area contributed by atoms with Crippen molar-refractivity contribution in [1.82, 2.24) is 0 Å². The van der Waals surface area contributed by atoms with Crippen LogP contribution in [0.2, 0.25) is 0 Å². The van der Waals surface area contributed by atoms with Crippen LogP contribution in [0.25, 0.3) is 0 Å². The van der Waals surface area contributed by atoms with Gasteiger partial charge in [0, 0.05) is 0 Å². The first-order valence-corrected chi connectivity index (χ1v) is 4.38. The summed E-state index contributed by atoms with van der Waals surface area (Å²) in [5.74, 6) is 0. The molecule has 0 unspecified atom stereocenters. The first-order chi connectivity index (χ1) is 5.26. The molecule has 0 atom stereocenters. The van der Waals surface area contributed by atoms with E-state index >= 15 is 0 Å². The van der Waals surface area contributed by atoms with Gasteiger partial charge in [-0.2, -0.15) is 0 Å². The van der Waals surface area contributed by atoms with Gasteiger partial charge in [0.05, 0.1) is 15.6 Å². The van der Waals surface area contributed by atoms with Gasteiger partial charge in [0.15, 0.2) is 0 Å². The van der Waals surface area contributed by atoms with Gasteiger partial charge in [0.1, 0.15) is 0 Å². The second-order valence-electron chi connectivity index (χ2n) is 1.76. The molecule has 0 aromatic rings. The quantitative estimate of drug-likeness (QED) is 0.473. The second-order valence-corrected chi connectivity index (χ2v) is 2.32. The van der Waals surface area contributed by atoms with Gasteiger partial charge in [-0.15, -0.1) is 0 Å². The molecule has 0 saturated heterocycles. The van der Waals surface area contributed by atoms with Crippen molar-refractivity contribution in [2.24, 2.45) is 10.7 Å². The largest absolute Gasteiger partial charge is 0.397 e. The van der Waals surface area contributed by atoms with Crippen LogP contribution >= 0.6 is 22.6 Å². The van der Waals surface area contributed by atoms with E-state index in [0.29, 0.717) is 5.70 Å². The zero-order chi connectivity index (χ0) is 8.69. The van der Waals surface area contributed by atoms with Crippen molar-refractivity contribution in [3.05, 3.63) is 36.2 Å². The van der Waals surface area contributed by atoms with E-state index in [2.05, 4.69) is 11.6 Å². The minimum absolute atomic E-state index is 0.665. The number of nitrogens with zero attached hydrogens (tertiary/aromatic N) is 1. The first-order valence-electron chi connectivity index (χ1n) is 3.13. The molecular weight excluding hydrogens is 251 g/mol. The number of allylic oxidation sites excluding steroid dienone is 3. The van der Waals surface area contributed by atoms with Crippen LogP contribution in [0.4, 0.5) is 0 Å². The Morgan fingerprint density at radius 1 is 1.64 bits per heavy atom. The molecule has 0 aliphatic carbocycles. The van der Waals surface area contributed by atoms with Crippen LogP contribution in [0.15, 0.2) is 41.2 Å². The van der Waals surface area contributed by atoms with Crippen LogP contribution in [0.5, 0.6) is 0 Å². The lowest BCUT2D eigenvalue weighted by molar-refractivity contribution is 1.24. The van der Waals surface area contributed by atoms with Gasteiger partial charge >= 0.3 is 0 Å². The summed E-state index contributed by atoms with van der Waals surface area (Å²) in [5.41, 5.74) is 7.03. The van der Waals surface area contributed by atoms with Crippen LogP contribution < -0.4 is 5.73 Å². The van der Waals surface area contributed by atoms with Gasteiger partial charge in [-0.05, 0) is 35.6 Å². The number of nitrogens with two attached hydrogens (primary N) is 1. The summed E-state index contributed by atoms with van der Waals surface area (Å²) in [6, 6.07) is 0. The third-order valence-corrected chi connectivity index (χ3v) is 1.35. The predicted molar refractivity (Wildman–Crippen MR) is 58.7 cm³/mol. The predicted octanol–water partition coefficient (Wildman–Crippen LogP) is 2.38. The average Bonchev–Trinajstić information content (AvgIpc) is 2.03. The summed E-state index contributed by atoms with van der Waals surface area (Å²) in [7, 11) is 0. The highest BCUT2D eigenvalue weighted by Crippen LogP contribution is 2.05. The Hall–Kier alpha value is -0.580. The molecule has 0 aliphatic heterocycles. The highest BCUT2D eigenvalue weighted by atomic mass is 127. The number of halogens is 1. The topological polar surface area (TPSA) is 38.4 Å². The van der Waals surface area contributed by atoms with E-state index in [1.165, 1.54) is 0 Å². The number of rotatable bonds is 3. The number of hydrogen-bond donors (Lipinski definition) is 1. The molecule has 0 aromatic carbocycles. The van der Waals surface area contributed by atoms with E-state index in [1.54, 1.807) is 22.4 Å². The monoisotopic (exact) mass is 262 g/mol. The van der Waals surface area contributed by atoms with Crippen molar-refractivity contribution in [1.29, 1.82) is 0 Å². The fourth-order valence-corrected chi connectivity index (χ4v) is 0.826. The highest BCUT2D eigenvalue weighted by molar-refractivity contribution is 14.1. The Kier molecular flexibility index (Phi) is 5.83. The van der Waals surface area contributed by atoms with E-state index in [1.807, 2.05) is 29.5 Å². The molecule has 11 heavy (non-hydrogen) atoms. The summed E-state index contributed by atoms with van der Waals surface area (Å²) >= 11 is 2.04. The maximum Gasteiger partial charge on any atom is 0.0860 e. The van der Waals surface area contributed by atoms with E-state index in [-0.39, 0.29) is 0 Å². The van der Waals surface area contributed by atoms with Crippen LogP contribution in [0.1, 0.15) is 6.92 Å². The number of aliphatic imine (C=N–C) groups is 1. The van der Waals surface area contributed by atoms with E-state index in [4.69, 9.17) is 5.73 Å². The zero-order valence-electron chi connectivity index (χ0n) is 6.42. The van der Waals surface area contributed by atoms with Gasteiger partial charge < -0.3 is 5.73 Å². The van der Waals surface area contributed by atoms with Gasteiger partial charge in [-0.3, -0.25) is 0 Å². The molecule has 0 spiro atoms. The summed E-state index contributed by atoms with van der Waals surface area (Å²) < 4.78 is 1.67. The smallest absolute Gasteiger partial charge is 0.0860 e. The van der Waals surface area contributed by atoms with Crippen LogP contribution in [0, 0.1) is 0 Å². The standard InChI is InChI=1S/C8H11IN2/c1-3-5-8(11-6-9)7(10)4-2/h3-6H,1,10H2,2H3/b7-4+,8-5+,11-6?. The fraction of sp³-hybridized carbons (Fsp3) is 0.125. The molecule has 0 heterocycles. The summed E-state index contributed by atoms with van der Waals surface area (Å²) in [4.78, 5) is 4.04. The first kappa shape index (κ1) is 10.4. The van der Waals surface area contributed by atoms with Crippen LogP contribution in [0.3, 0.4) is 0 Å². The lowest BCUT2D eigenvalue weighted by Gasteiger charge is -1.97. The van der Waals surface area contributed by atoms with Crippen molar-refractivity contribution < 1.29 is 0 Å². The second kappa shape index (κ2) is 6.15. The maximum atomic E-state index is 5.62. The molecule has 0 saturated carbocycles. The van der Waals surface area contributed by atoms with Crippen molar-refractivity contribution >= 4 is 26.8 Å². The van der Waals surface area contributed by atoms with Gasteiger partial charge in [0.25, 0.3) is 0 Å². The SMILES string of the molecule is C=C/C=C(N=CI)\C(N)=C/C. The fourth-order valence-electron chi connectivity index (χ4n) is 0.526. The Morgan fingerprint density at radius 3 is 2.64 bits per heavy atom. The molecular formula is C8H11IN2. The van der Waals surface area contributed by atoms with Crippen LogP contribution in [-0.4, -0.2) is 4.22 Å². The Labute approximate surface area is 80.7 Å². The van der Waals surface area contributed by atoms with Gasteiger partial charge in [-0.25, -0.2) is 4.99 Å². The molecule has 0 bridgehead atoms. The molecule has 2 nitrogen and oxygen atoms in total. The average molecular weight is 262 g/mol. The summed E-state index contributed by atoms with van der Waals surface area (Å²) in [5, 5.41) is 0. The summed E-state index contributed by atoms with van der Waals surface area (Å²) in [6.45, 7) is 5.43. The molecule has 0 amide bonds. The highest BCUT2D eigenvalue weighted by Gasteiger charge is 1.92. The van der Waals surface area contributed by atoms with Crippen molar-refractivity contribution in [2.45, 2.75) is 6.92 Å². The molecule has 2 N–H and O–H groups in total. The molecule has 0 fully saturated rings. The van der Waals surface area contributed by atoms with E-state index in [9.17, 15) is 0 Å². The van der Waals surface area contributed by atoms with E-state index in [0.717, 1.165) is 5.70 Å². The van der Waals surface area contributed by atoms with E-state index < -0.39 is 0 Å².